The predicted molar refractivity (Wildman–Crippen MR) is 110 cm³/mol. The van der Waals surface area contributed by atoms with Crippen LogP contribution in [0.15, 0.2) is 78.4 Å². The number of halogens is 1. The summed E-state index contributed by atoms with van der Waals surface area (Å²) in [5.41, 5.74) is 4.66. The van der Waals surface area contributed by atoms with Crippen LogP contribution >= 0.6 is 11.6 Å². The molecule has 0 heterocycles. The van der Waals surface area contributed by atoms with E-state index in [-0.39, 0.29) is 5.78 Å². The Hall–Kier alpha value is -3.17. The van der Waals surface area contributed by atoms with Crippen molar-refractivity contribution < 1.29 is 14.3 Å². The smallest absolute Gasteiger partial charge is 0.343 e. The molecule has 0 bridgehead atoms. The van der Waals surface area contributed by atoms with Gasteiger partial charge in [-0.3, -0.25) is 4.79 Å². The van der Waals surface area contributed by atoms with Gasteiger partial charge in [-0.15, -0.1) is 11.6 Å². The van der Waals surface area contributed by atoms with Crippen LogP contribution in [0.5, 0.6) is 5.75 Å². The van der Waals surface area contributed by atoms with Gasteiger partial charge >= 0.3 is 5.97 Å². The van der Waals surface area contributed by atoms with Crippen molar-refractivity contribution in [2.75, 3.05) is 0 Å². The Kier molecular flexibility index (Phi) is 5.09. The molecule has 1 aliphatic rings. The van der Waals surface area contributed by atoms with E-state index in [9.17, 15) is 9.59 Å². The van der Waals surface area contributed by atoms with Crippen LogP contribution in [-0.4, -0.2) is 11.8 Å². The summed E-state index contributed by atoms with van der Waals surface area (Å²) in [6.45, 7) is 0. The number of carbonyl (C=O) groups excluding carboxylic acids is 2. The summed E-state index contributed by atoms with van der Waals surface area (Å²) in [5.74, 6) is 0.372. The van der Waals surface area contributed by atoms with E-state index in [2.05, 4.69) is 0 Å². The minimum Gasteiger partial charge on any atom is -0.423 e. The number of benzene rings is 3. The number of rotatable bonds is 4. The van der Waals surface area contributed by atoms with Gasteiger partial charge in [0.2, 0.25) is 0 Å². The number of hydrogen-bond acceptors (Lipinski definition) is 3. The maximum atomic E-state index is 12.5. The standard InChI is InChI=1S/C24H17ClO3/c25-15-17-6-3-8-19(12-17)24(27)28-21-9-4-5-16(13-21)11-20-14-18-7-1-2-10-22(18)23(20)26/h1-13H,14-15H2/b20-11+. The van der Waals surface area contributed by atoms with Gasteiger partial charge in [-0.05, 0) is 47.0 Å². The quantitative estimate of drug-likeness (QED) is 0.258. The van der Waals surface area contributed by atoms with Gasteiger partial charge in [0.05, 0.1) is 5.56 Å². The third-order valence-electron chi connectivity index (χ3n) is 4.66. The number of Topliss-reactive ketones (excluding diaryl/α,β-unsaturated/α-hetero) is 1. The topological polar surface area (TPSA) is 43.4 Å². The van der Waals surface area contributed by atoms with Crippen LogP contribution in [-0.2, 0) is 12.3 Å². The van der Waals surface area contributed by atoms with E-state index >= 15 is 0 Å². The summed E-state index contributed by atoms with van der Waals surface area (Å²) >= 11 is 5.82. The highest BCUT2D eigenvalue weighted by Gasteiger charge is 2.23. The van der Waals surface area contributed by atoms with E-state index in [4.69, 9.17) is 16.3 Å². The number of hydrogen-bond donors (Lipinski definition) is 0. The van der Waals surface area contributed by atoms with Gasteiger partial charge < -0.3 is 4.74 Å². The summed E-state index contributed by atoms with van der Waals surface area (Å²) < 4.78 is 5.50. The Labute approximate surface area is 168 Å². The number of esters is 1. The molecule has 3 aromatic rings. The molecule has 0 N–H and O–H groups in total. The first kappa shape index (κ1) is 18.2. The van der Waals surface area contributed by atoms with Crippen LogP contribution < -0.4 is 4.74 Å². The second-order valence-electron chi connectivity index (χ2n) is 6.63. The van der Waals surface area contributed by atoms with Crippen molar-refractivity contribution in [1.82, 2.24) is 0 Å². The van der Waals surface area contributed by atoms with Gasteiger partial charge in [0, 0.05) is 23.4 Å². The molecule has 0 radical (unpaired) electrons. The lowest BCUT2D eigenvalue weighted by Gasteiger charge is -2.06. The fraction of sp³-hybridized carbons (Fsp3) is 0.0833. The Morgan fingerprint density at radius 3 is 2.64 bits per heavy atom. The van der Waals surface area contributed by atoms with Gasteiger partial charge in [0.15, 0.2) is 5.78 Å². The summed E-state index contributed by atoms with van der Waals surface area (Å²) in [4.78, 5) is 24.9. The second-order valence-corrected chi connectivity index (χ2v) is 6.90. The minimum absolute atomic E-state index is 0.0517. The first-order chi connectivity index (χ1) is 13.6. The van der Waals surface area contributed by atoms with E-state index < -0.39 is 5.97 Å². The largest absolute Gasteiger partial charge is 0.423 e. The molecule has 28 heavy (non-hydrogen) atoms. The molecule has 0 aromatic heterocycles. The highest BCUT2D eigenvalue weighted by Crippen LogP contribution is 2.28. The summed E-state index contributed by atoms with van der Waals surface area (Å²) in [6, 6.07) is 21.8. The summed E-state index contributed by atoms with van der Waals surface area (Å²) in [5, 5.41) is 0. The summed E-state index contributed by atoms with van der Waals surface area (Å²) in [6.07, 6.45) is 2.47. The Morgan fingerprint density at radius 1 is 1.00 bits per heavy atom. The zero-order chi connectivity index (χ0) is 19.5. The van der Waals surface area contributed by atoms with Crippen molar-refractivity contribution in [2.45, 2.75) is 12.3 Å². The van der Waals surface area contributed by atoms with Gasteiger partial charge in [-0.25, -0.2) is 4.79 Å². The van der Waals surface area contributed by atoms with Gasteiger partial charge in [-0.2, -0.15) is 0 Å². The molecule has 0 aliphatic heterocycles. The number of ketones is 1. The molecular formula is C24H17ClO3. The van der Waals surface area contributed by atoms with Crippen molar-refractivity contribution in [2.24, 2.45) is 0 Å². The Morgan fingerprint density at radius 2 is 1.82 bits per heavy atom. The van der Waals surface area contributed by atoms with Gasteiger partial charge in [-0.1, -0.05) is 48.5 Å². The molecule has 1 aliphatic carbocycles. The van der Waals surface area contributed by atoms with E-state index in [0.717, 1.165) is 27.8 Å². The molecule has 3 nitrogen and oxygen atoms in total. The first-order valence-corrected chi connectivity index (χ1v) is 9.48. The third-order valence-corrected chi connectivity index (χ3v) is 4.97. The molecule has 0 saturated heterocycles. The van der Waals surface area contributed by atoms with Crippen LogP contribution in [0.4, 0.5) is 0 Å². The van der Waals surface area contributed by atoms with Crippen molar-refractivity contribution in [3.8, 4) is 5.75 Å². The van der Waals surface area contributed by atoms with Crippen LogP contribution in [0.2, 0.25) is 0 Å². The van der Waals surface area contributed by atoms with E-state index in [1.807, 2.05) is 42.5 Å². The monoisotopic (exact) mass is 388 g/mol. The molecule has 0 spiro atoms. The Bertz CT molecular complexity index is 1100. The molecule has 4 rings (SSSR count). The Balaban J connectivity index is 1.54. The number of alkyl halides is 1. The van der Waals surface area contributed by atoms with Crippen molar-refractivity contribution in [1.29, 1.82) is 0 Å². The average Bonchev–Trinajstić information content (AvgIpc) is 3.04. The minimum atomic E-state index is -0.443. The molecule has 0 unspecified atom stereocenters. The fourth-order valence-corrected chi connectivity index (χ4v) is 3.45. The van der Waals surface area contributed by atoms with Crippen LogP contribution in [0.3, 0.4) is 0 Å². The highest BCUT2D eigenvalue weighted by molar-refractivity contribution is 6.17. The molecule has 0 atom stereocenters. The molecule has 0 amide bonds. The maximum absolute atomic E-state index is 12.5. The lowest BCUT2D eigenvalue weighted by Crippen LogP contribution is -2.08. The zero-order valence-electron chi connectivity index (χ0n) is 15.0. The van der Waals surface area contributed by atoms with E-state index in [0.29, 0.717) is 23.6 Å². The predicted octanol–water partition coefficient (Wildman–Crippen LogP) is 5.47. The molecule has 4 heteroatoms. The number of fused-ring (bicyclic) bond motifs is 1. The number of carbonyl (C=O) groups is 2. The maximum Gasteiger partial charge on any atom is 0.343 e. The second kappa shape index (κ2) is 7.83. The molecule has 138 valence electrons. The lowest BCUT2D eigenvalue weighted by atomic mass is 10.1. The normalized spacial score (nSPS) is 14.2. The number of allylic oxidation sites excluding steroid dienone is 1. The molecule has 3 aromatic carbocycles. The highest BCUT2D eigenvalue weighted by atomic mass is 35.5. The summed E-state index contributed by atoms with van der Waals surface area (Å²) in [7, 11) is 0. The van der Waals surface area contributed by atoms with Crippen LogP contribution in [0, 0.1) is 0 Å². The van der Waals surface area contributed by atoms with Crippen molar-refractivity contribution in [3.63, 3.8) is 0 Å². The van der Waals surface area contributed by atoms with Crippen molar-refractivity contribution >= 4 is 29.4 Å². The molecule has 0 fully saturated rings. The third kappa shape index (κ3) is 3.75. The SMILES string of the molecule is O=C(Oc1cccc(/C=C2\Cc3ccccc3C2=O)c1)c1cccc(CCl)c1. The fourth-order valence-electron chi connectivity index (χ4n) is 3.29. The number of ether oxygens (including phenoxy) is 1. The molecular weight excluding hydrogens is 372 g/mol. The van der Waals surface area contributed by atoms with Crippen LogP contribution in [0.1, 0.15) is 37.4 Å². The zero-order valence-corrected chi connectivity index (χ0v) is 15.8. The lowest BCUT2D eigenvalue weighted by molar-refractivity contribution is 0.0734. The van der Waals surface area contributed by atoms with E-state index in [1.54, 1.807) is 36.4 Å². The van der Waals surface area contributed by atoms with Crippen molar-refractivity contribution in [3.05, 3.63) is 106 Å². The van der Waals surface area contributed by atoms with E-state index in [1.165, 1.54) is 0 Å². The van der Waals surface area contributed by atoms with Gasteiger partial charge in [0.1, 0.15) is 5.75 Å². The first-order valence-electron chi connectivity index (χ1n) is 8.94. The van der Waals surface area contributed by atoms with Crippen LogP contribution in [0.25, 0.3) is 6.08 Å². The molecule has 0 saturated carbocycles. The average molecular weight is 389 g/mol. The van der Waals surface area contributed by atoms with Gasteiger partial charge in [0.25, 0.3) is 0 Å².